The molecule has 1 aliphatic heterocycles. The van der Waals surface area contributed by atoms with Gasteiger partial charge in [0.25, 0.3) is 0 Å². The van der Waals surface area contributed by atoms with Crippen LogP contribution < -0.4 is 15.5 Å². The Morgan fingerprint density at radius 3 is 2.38 bits per heavy atom. The van der Waals surface area contributed by atoms with Gasteiger partial charge in [-0.1, -0.05) is 36.4 Å². The van der Waals surface area contributed by atoms with Gasteiger partial charge in [0.1, 0.15) is 11.4 Å². The molecule has 1 aliphatic rings. The summed E-state index contributed by atoms with van der Waals surface area (Å²) in [6.07, 6.45) is 6.41. The normalized spacial score (nSPS) is 12.0. The number of hydrogen-bond donors (Lipinski definition) is 0. The molecule has 0 fully saturated rings. The summed E-state index contributed by atoms with van der Waals surface area (Å²) in [6, 6.07) is 20.2. The van der Waals surface area contributed by atoms with E-state index in [1.165, 1.54) is 0 Å². The number of aromatic nitrogens is 2. The first-order valence-corrected chi connectivity index (χ1v) is 6.70. The van der Waals surface area contributed by atoms with Gasteiger partial charge in [-0.3, -0.25) is 0 Å². The summed E-state index contributed by atoms with van der Waals surface area (Å²) < 4.78 is 4.05. The van der Waals surface area contributed by atoms with Crippen LogP contribution in [0.25, 0.3) is 11.4 Å². The summed E-state index contributed by atoms with van der Waals surface area (Å²) in [5.74, 6) is 0. The molecule has 4 nitrogen and oxygen atoms in total. The molecule has 98 valence electrons. The zero-order chi connectivity index (χ0) is 14.1. The van der Waals surface area contributed by atoms with Crippen LogP contribution in [0.5, 0.6) is 0 Å². The molecule has 2 heterocycles. The Morgan fingerprint density at radius 1 is 0.905 bits per heavy atom. The van der Waals surface area contributed by atoms with Gasteiger partial charge in [-0.2, -0.15) is 9.56 Å². The van der Waals surface area contributed by atoms with E-state index >= 15 is 0 Å². The number of fused-ring (bicyclic) bond motifs is 1. The second-order valence-electron chi connectivity index (χ2n) is 4.67. The van der Waals surface area contributed by atoms with Crippen LogP contribution in [0.1, 0.15) is 0 Å². The van der Waals surface area contributed by atoms with E-state index in [1.807, 2.05) is 76.1 Å². The van der Waals surface area contributed by atoms with Crippen molar-refractivity contribution in [3.63, 3.8) is 0 Å². The number of hydrogen-bond acceptors (Lipinski definition) is 2. The van der Waals surface area contributed by atoms with Crippen molar-refractivity contribution < 1.29 is 4.57 Å². The van der Waals surface area contributed by atoms with Crippen molar-refractivity contribution >= 4 is 0 Å². The number of imidazole rings is 1. The van der Waals surface area contributed by atoms with Crippen LogP contribution in [0.2, 0.25) is 0 Å². The average Bonchev–Trinajstić information content (AvgIpc) is 2.96. The molecule has 0 saturated heterocycles. The average molecular weight is 272 g/mol. The highest BCUT2D eigenvalue weighted by Gasteiger charge is 2.25. The largest absolute Gasteiger partial charge is 0.476 e. The molecule has 0 N–H and O–H groups in total. The van der Waals surface area contributed by atoms with Crippen molar-refractivity contribution in [3.8, 4) is 11.4 Å². The van der Waals surface area contributed by atoms with Crippen LogP contribution in [0.4, 0.5) is 0 Å². The zero-order valence-electron chi connectivity index (χ0n) is 11.2. The predicted molar refractivity (Wildman–Crippen MR) is 77.4 cm³/mol. The summed E-state index contributed by atoms with van der Waals surface area (Å²) in [6.45, 7) is 0. The fourth-order valence-electron chi connectivity index (χ4n) is 2.40. The lowest BCUT2D eigenvalue weighted by Gasteiger charge is -1.94. The van der Waals surface area contributed by atoms with E-state index in [0.29, 0.717) is 0 Å². The summed E-state index contributed by atoms with van der Waals surface area (Å²) >= 11 is 0. The van der Waals surface area contributed by atoms with Crippen LogP contribution in [-0.2, 0) is 0 Å². The van der Waals surface area contributed by atoms with Gasteiger partial charge in [0, 0.05) is 0 Å². The number of benzene rings is 2. The minimum atomic E-state index is 0.785. The van der Waals surface area contributed by atoms with Crippen molar-refractivity contribution in [3.05, 3.63) is 90.4 Å². The molecular weight excluding hydrogens is 260 g/mol. The standard InChI is InChI=1S/C17H12N4/c1-3-7-14(8-4-1)20-13-21(15-9-5-2-6-10-15)17-16(20)18-11-12-19-17/h1-11,13H/q+2. The van der Waals surface area contributed by atoms with E-state index in [1.54, 1.807) is 6.20 Å². The Hall–Kier alpha value is -3.10. The lowest BCUT2D eigenvalue weighted by molar-refractivity contribution is -0.612. The topological polar surface area (TPSA) is 33.5 Å². The van der Waals surface area contributed by atoms with Crippen molar-refractivity contribution in [2.24, 2.45) is 9.98 Å². The van der Waals surface area contributed by atoms with Crippen LogP contribution in [-0.4, -0.2) is 4.57 Å². The third-order valence-corrected chi connectivity index (χ3v) is 3.37. The highest BCUT2D eigenvalue weighted by atomic mass is 15.2. The fourth-order valence-corrected chi connectivity index (χ4v) is 2.40. The molecule has 4 heteroatoms. The van der Waals surface area contributed by atoms with Crippen molar-refractivity contribution in [1.29, 1.82) is 0 Å². The Labute approximate surface area is 121 Å². The lowest BCUT2D eigenvalue weighted by Crippen LogP contribution is -2.51. The van der Waals surface area contributed by atoms with Gasteiger partial charge in [0.05, 0.1) is 0 Å². The molecule has 0 saturated carbocycles. The summed E-state index contributed by atoms with van der Waals surface area (Å²) in [4.78, 5) is 8.79. The fraction of sp³-hybridized carbons (Fsp3) is 0. The first kappa shape index (κ1) is 11.7. The maximum atomic E-state index is 4.43. The second kappa shape index (κ2) is 4.78. The van der Waals surface area contributed by atoms with Gasteiger partial charge in [0.15, 0.2) is 4.99 Å². The number of nitrogens with zero attached hydrogens (tertiary/aromatic N) is 4. The molecule has 0 unspecified atom stereocenters. The zero-order valence-corrected chi connectivity index (χ0v) is 11.2. The van der Waals surface area contributed by atoms with Gasteiger partial charge in [-0.05, 0) is 24.3 Å². The Balaban J connectivity index is 2.03. The summed E-state index contributed by atoms with van der Waals surface area (Å²) in [5, 5.41) is 0. The van der Waals surface area contributed by atoms with Crippen molar-refractivity contribution in [1.82, 2.24) is 4.57 Å². The molecule has 4 rings (SSSR count). The Bertz CT molecular complexity index is 846. The second-order valence-corrected chi connectivity index (χ2v) is 4.67. The molecule has 0 aliphatic carbocycles. The van der Waals surface area contributed by atoms with E-state index in [4.69, 9.17) is 0 Å². The van der Waals surface area contributed by atoms with Crippen LogP contribution in [0, 0.1) is 6.20 Å². The molecule has 0 spiro atoms. The lowest BCUT2D eigenvalue weighted by atomic mass is 10.3. The van der Waals surface area contributed by atoms with Gasteiger partial charge in [-0.25, -0.2) is 0 Å². The SMILES string of the molecule is [C+]1=CN=c2c([n+](-c3ccccc3)cn2-c2ccccc2)=N1. The molecule has 2 aromatic carbocycles. The molecule has 0 amide bonds. The van der Waals surface area contributed by atoms with E-state index in [9.17, 15) is 0 Å². The first-order chi connectivity index (χ1) is 10.4. The van der Waals surface area contributed by atoms with Crippen LogP contribution >= 0.6 is 0 Å². The summed E-state index contributed by atoms with van der Waals surface area (Å²) in [7, 11) is 0. The number of para-hydroxylation sites is 2. The minimum absolute atomic E-state index is 0.785. The van der Waals surface area contributed by atoms with E-state index in [0.717, 1.165) is 22.4 Å². The predicted octanol–water partition coefficient (Wildman–Crippen LogP) is 1.28. The molecular formula is C17H12N4+2. The van der Waals surface area contributed by atoms with Gasteiger partial charge in [-0.15, -0.1) is 4.57 Å². The smallest absolute Gasteiger partial charge is 0.190 e. The molecule has 0 radical (unpaired) electrons. The van der Waals surface area contributed by atoms with Gasteiger partial charge < -0.3 is 0 Å². The van der Waals surface area contributed by atoms with E-state index in [2.05, 4.69) is 16.2 Å². The number of rotatable bonds is 2. The highest BCUT2D eigenvalue weighted by Crippen LogP contribution is 2.03. The molecule has 21 heavy (non-hydrogen) atoms. The molecule has 1 aromatic heterocycles. The summed E-state index contributed by atoms with van der Waals surface area (Å²) in [5.41, 5.74) is 3.69. The van der Waals surface area contributed by atoms with Gasteiger partial charge in [0.2, 0.25) is 12.5 Å². The molecule has 0 atom stereocenters. The van der Waals surface area contributed by atoms with Crippen LogP contribution in [0.3, 0.4) is 0 Å². The quantitative estimate of drug-likeness (QED) is 0.497. The monoisotopic (exact) mass is 272 g/mol. The first-order valence-electron chi connectivity index (χ1n) is 6.70. The Morgan fingerprint density at radius 2 is 1.62 bits per heavy atom. The van der Waals surface area contributed by atoms with Crippen molar-refractivity contribution in [2.45, 2.75) is 0 Å². The van der Waals surface area contributed by atoms with Gasteiger partial charge >= 0.3 is 17.2 Å². The molecule has 0 bridgehead atoms. The van der Waals surface area contributed by atoms with Crippen LogP contribution in [0.15, 0.2) is 83.2 Å². The third-order valence-electron chi connectivity index (χ3n) is 3.37. The third kappa shape index (κ3) is 1.95. The van der Waals surface area contributed by atoms with Crippen molar-refractivity contribution in [2.75, 3.05) is 0 Å². The van der Waals surface area contributed by atoms with E-state index < -0.39 is 0 Å². The minimum Gasteiger partial charge on any atom is -0.190 e. The molecule has 3 aromatic rings. The van der Waals surface area contributed by atoms with E-state index in [-0.39, 0.29) is 0 Å². The Kier molecular flexibility index (Phi) is 2.66. The highest BCUT2D eigenvalue weighted by molar-refractivity contribution is 5.31. The maximum absolute atomic E-state index is 4.43. The maximum Gasteiger partial charge on any atom is 0.476 e.